The van der Waals surface area contributed by atoms with Crippen LogP contribution in [0.25, 0.3) is 6.08 Å². The van der Waals surface area contributed by atoms with Gasteiger partial charge in [-0.25, -0.2) is 4.39 Å². The Labute approximate surface area is 133 Å². The second-order valence-corrected chi connectivity index (χ2v) is 4.75. The van der Waals surface area contributed by atoms with E-state index in [-0.39, 0.29) is 23.0 Å². The van der Waals surface area contributed by atoms with Crippen LogP contribution in [0.1, 0.15) is 26.3 Å². The summed E-state index contributed by atoms with van der Waals surface area (Å²) in [6.45, 7) is 0. The molecular formula is C18H16FNO3. The van der Waals surface area contributed by atoms with Gasteiger partial charge in [-0.2, -0.15) is 0 Å². The number of halogens is 1. The number of rotatable bonds is 5. The molecule has 0 saturated heterocycles. The van der Waals surface area contributed by atoms with Crippen LogP contribution in [0.3, 0.4) is 0 Å². The van der Waals surface area contributed by atoms with Crippen LogP contribution in [0.4, 0.5) is 4.39 Å². The molecule has 5 heteroatoms. The lowest BCUT2D eigenvalue weighted by molar-refractivity contribution is 0.0962. The lowest BCUT2D eigenvalue weighted by atomic mass is 10.1. The fraction of sp³-hybridized carbons (Fsp3) is 0.111. The first-order chi connectivity index (χ1) is 11.0. The van der Waals surface area contributed by atoms with Crippen molar-refractivity contribution in [3.8, 4) is 5.75 Å². The number of hydrogen-bond donors (Lipinski definition) is 1. The first-order valence-corrected chi connectivity index (χ1v) is 6.93. The van der Waals surface area contributed by atoms with E-state index < -0.39 is 5.82 Å². The molecule has 4 nitrogen and oxygen atoms in total. The van der Waals surface area contributed by atoms with Crippen LogP contribution in [-0.2, 0) is 0 Å². The Morgan fingerprint density at radius 1 is 1.09 bits per heavy atom. The van der Waals surface area contributed by atoms with E-state index >= 15 is 0 Å². The lowest BCUT2D eigenvalue weighted by Gasteiger charge is -2.03. The molecule has 0 saturated carbocycles. The van der Waals surface area contributed by atoms with E-state index in [0.29, 0.717) is 5.56 Å². The van der Waals surface area contributed by atoms with Crippen LogP contribution >= 0.6 is 0 Å². The van der Waals surface area contributed by atoms with Gasteiger partial charge in [0.2, 0.25) is 0 Å². The molecule has 0 fully saturated rings. The zero-order chi connectivity index (χ0) is 16.8. The highest BCUT2D eigenvalue weighted by Gasteiger charge is 2.08. The van der Waals surface area contributed by atoms with Gasteiger partial charge in [-0.1, -0.05) is 18.2 Å². The van der Waals surface area contributed by atoms with E-state index in [0.717, 1.165) is 11.6 Å². The molecule has 0 spiro atoms. The summed E-state index contributed by atoms with van der Waals surface area (Å²) in [4.78, 5) is 23.5. The van der Waals surface area contributed by atoms with Crippen LogP contribution < -0.4 is 10.1 Å². The van der Waals surface area contributed by atoms with Crippen molar-refractivity contribution in [1.82, 2.24) is 5.32 Å². The molecule has 23 heavy (non-hydrogen) atoms. The molecule has 0 aliphatic carbocycles. The maximum atomic E-state index is 13.6. The highest BCUT2D eigenvalue weighted by molar-refractivity contribution is 6.07. The molecule has 0 aliphatic heterocycles. The van der Waals surface area contributed by atoms with Gasteiger partial charge in [-0.3, -0.25) is 9.59 Å². The summed E-state index contributed by atoms with van der Waals surface area (Å²) in [7, 11) is 2.92. The summed E-state index contributed by atoms with van der Waals surface area (Å²) in [5, 5.41) is 2.53. The molecule has 0 aliphatic rings. The molecule has 0 heterocycles. The number of allylic oxidation sites excluding steroid dienone is 1. The number of nitrogens with one attached hydrogen (secondary N) is 1. The van der Waals surface area contributed by atoms with E-state index in [1.165, 1.54) is 25.3 Å². The number of ether oxygens (including phenoxy) is 1. The number of benzene rings is 2. The van der Waals surface area contributed by atoms with Crippen LogP contribution in [0, 0.1) is 5.82 Å². The number of amides is 1. The molecule has 118 valence electrons. The van der Waals surface area contributed by atoms with Gasteiger partial charge in [0.1, 0.15) is 0 Å². The highest BCUT2D eigenvalue weighted by atomic mass is 19.1. The second kappa shape index (κ2) is 7.35. The number of ketones is 1. The fourth-order valence-electron chi connectivity index (χ4n) is 1.98. The number of carbonyl (C=O) groups excluding carboxylic acids is 2. The Morgan fingerprint density at radius 2 is 1.74 bits per heavy atom. The van der Waals surface area contributed by atoms with E-state index in [9.17, 15) is 14.0 Å². The fourth-order valence-corrected chi connectivity index (χ4v) is 1.98. The zero-order valence-corrected chi connectivity index (χ0v) is 12.8. The van der Waals surface area contributed by atoms with Crippen LogP contribution in [0.15, 0.2) is 48.5 Å². The Balaban J connectivity index is 2.11. The first kappa shape index (κ1) is 16.4. The molecule has 0 atom stereocenters. The predicted octanol–water partition coefficient (Wildman–Crippen LogP) is 3.09. The molecule has 1 N–H and O–H groups in total. The second-order valence-electron chi connectivity index (χ2n) is 4.75. The molecular weight excluding hydrogens is 297 g/mol. The number of methoxy groups -OCH3 is 1. The quantitative estimate of drug-likeness (QED) is 0.682. The predicted molar refractivity (Wildman–Crippen MR) is 86.1 cm³/mol. The Hall–Kier alpha value is -2.95. The molecule has 2 aromatic carbocycles. The van der Waals surface area contributed by atoms with Crippen molar-refractivity contribution in [3.05, 3.63) is 71.0 Å². The molecule has 0 radical (unpaired) electrons. The van der Waals surface area contributed by atoms with E-state index in [1.54, 1.807) is 37.4 Å². The van der Waals surface area contributed by atoms with Gasteiger partial charge >= 0.3 is 0 Å². The zero-order valence-electron chi connectivity index (χ0n) is 12.8. The average molecular weight is 313 g/mol. The van der Waals surface area contributed by atoms with Crippen molar-refractivity contribution >= 4 is 17.8 Å². The van der Waals surface area contributed by atoms with E-state index in [1.807, 2.05) is 0 Å². The SMILES string of the molecule is CNC(=O)c1ccc(/C=C/C(=O)c2ccc(OC)c(F)c2)cc1. The van der Waals surface area contributed by atoms with Crippen molar-refractivity contribution in [2.75, 3.05) is 14.2 Å². The maximum absolute atomic E-state index is 13.6. The van der Waals surface area contributed by atoms with Gasteiger partial charge in [-0.05, 0) is 42.0 Å². The Morgan fingerprint density at radius 3 is 2.30 bits per heavy atom. The normalized spacial score (nSPS) is 10.6. The van der Waals surface area contributed by atoms with Gasteiger partial charge in [0.05, 0.1) is 7.11 Å². The van der Waals surface area contributed by atoms with Crippen molar-refractivity contribution in [2.24, 2.45) is 0 Å². The summed E-state index contributed by atoms with van der Waals surface area (Å²) in [6, 6.07) is 10.8. The van der Waals surface area contributed by atoms with Crippen LogP contribution in [0.5, 0.6) is 5.75 Å². The molecule has 2 aromatic rings. The molecule has 1 amide bonds. The lowest BCUT2D eigenvalue weighted by Crippen LogP contribution is -2.17. The number of carbonyl (C=O) groups is 2. The summed E-state index contributed by atoms with van der Waals surface area (Å²) in [5.74, 6) is -0.982. The minimum absolute atomic E-state index is 0.0929. The smallest absolute Gasteiger partial charge is 0.251 e. The van der Waals surface area contributed by atoms with Gasteiger partial charge in [0.15, 0.2) is 17.3 Å². The van der Waals surface area contributed by atoms with Gasteiger partial charge in [0.25, 0.3) is 5.91 Å². The number of hydrogen-bond acceptors (Lipinski definition) is 3. The maximum Gasteiger partial charge on any atom is 0.251 e. The monoisotopic (exact) mass is 313 g/mol. The Bertz CT molecular complexity index is 751. The van der Waals surface area contributed by atoms with E-state index in [2.05, 4.69) is 5.32 Å². The van der Waals surface area contributed by atoms with Gasteiger partial charge in [0, 0.05) is 18.2 Å². The first-order valence-electron chi connectivity index (χ1n) is 6.93. The third-order valence-electron chi connectivity index (χ3n) is 3.26. The summed E-state index contributed by atoms with van der Waals surface area (Å²) < 4.78 is 18.4. The van der Waals surface area contributed by atoms with Gasteiger partial charge < -0.3 is 10.1 Å². The summed E-state index contributed by atoms with van der Waals surface area (Å²) in [5.41, 5.74) is 1.54. The molecule has 0 bridgehead atoms. The highest BCUT2D eigenvalue weighted by Crippen LogP contribution is 2.18. The largest absolute Gasteiger partial charge is 0.494 e. The van der Waals surface area contributed by atoms with Gasteiger partial charge in [-0.15, -0.1) is 0 Å². The standard InChI is InChI=1S/C18H16FNO3/c1-20-18(22)13-6-3-12(4-7-13)5-9-16(21)14-8-10-17(23-2)15(19)11-14/h3-11H,1-2H3,(H,20,22)/b9-5+. The Kier molecular flexibility index (Phi) is 5.25. The molecule has 0 aromatic heterocycles. The minimum atomic E-state index is -0.582. The molecule has 0 unspecified atom stereocenters. The van der Waals surface area contributed by atoms with E-state index in [4.69, 9.17) is 4.74 Å². The summed E-state index contributed by atoms with van der Waals surface area (Å²) >= 11 is 0. The van der Waals surface area contributed by atoms with Crippen LogP contribution in [0.2, 0.25) is 0 Å². The average Bonchev–Trinajstić information content (AvgIpc) is 2.59. The van der Waals surface area contributed by atoms with Crippen LogP contribution in [-0.4, -0.2) is 25.8 Å². The van der Waals surface area contributed by atoms with Crippen molar-refractivity contribution in [1.29, 1.82) is 0 Å². The van der Waals surface area contributed by atoms with Crippen molar-refractivity contribution in [2.45, 2.75) is 0 Å². The summed E-state index contributed by atoms with van der Waals surface area (Å²) in [6.07, 6.45) is 2.97. The molecule has 2 rings (SSSR count). The van der Waals surface area contributed by atoms with Crippen molar-refractivity contribution in [3.63, 3.8) is 0 Å². The van der Waals surface area contributed by atoms with Crippen molar-refractivity contribution < 1.29 is 18.7 Å². The topological polar surface area (TPSA) is 55.4 Å². The third-order valence-corrected chi connectivity index (χ3v) is 3.26. The minimum Gasteiger partial charge on any atom is -0.494 e. The third kappa shape index (κ3) is 4.03.